The Morgan fingerprint density at radius 1 is 1.08 bits per heavy atom. The van der Waals surface area contributed by atoms with Crippen molar-refractivity contribution >= 4 is 23.4 Å². The molecule has 1 aromatic carbocycles. The largest absolute Gasteiger partial charge is 0.440 e. The van der Waals surface area contributed by atoms with Crippen LogP contribution in [0, 0.1) is 0 Å². The Balaban J connectivity index is 1.45. The van der Waals surface area contributed by atoms with Crippen LogP contribution in [0.3, 0.4) is 0 Å². The molecule has 9 heteroatoms. The van der Waals surface area contributed by atoms with Gasteiger partial charge in [0.2, 0.25) is 5.79 Å². The van der Waals surface area contributed by atoms with Gasteiger partial charge in [-0.05, 0) is 70.5 Å². The number of unbranched alkanes of at least 4 members (excludes halogenated alkanes) is 4. The molecule has 0 unspecified atom stereocenters. The molecular weight excluding hydrogens is 496 g/mol. The van der Waals surface area contributed by atoms with E-state index in [4.69, 9.17) is 35.3 Å². The van der Waals surface area contributed by atoms with E-state index in [1.807, 2.05) is 13.8 Å². The van der Waals surface area contributed by atoms with Gasteiger partial charge in [0.25, 0.3) is 0 Å². The first-order chi connectivity index (χ1) is 17.8. The van der Waals surface area contributed by atoms with Crippen molar-refractivity contribution in [1.29, 1.82) is 0 Å². The molecule has 0 radical (unpaired) electrons. The van der Waals surface area contributed by atoms with Gasteiger partial charge in [-0.2, -0.15) is 0 Å². The molecule has 208 valence electrons. The number of nitrogens with zero attached hydrogens (tertiary/aromatic N) is 1. The second-order valence-corrected chi connectivity index (χ2v) is 11.3. The second-order valence-electron chi connectivity index (χ2n) is 10.8. The first-order valence-corrected chi connectivity index (χ1v) is 14.3. The standard InChI is InChI=1S/C28H43ClN2O6/c1-4-5-6-7-11-18-33-20-28-25(36-27(2,3)37-28)24(23(35-28)19-31-16-9-8-10-17-31)34-26(32)30-22-14-12-21(29)13-15-22/h12-15,23-25H,4-11,16-20H2,1-3H3,(H,30,32)/t23-,24+,25-,28-/m0/s1. The van der Waals surface area contributed by atoms with Crippen molar-refractivity contribution in [1.82, 2.24) is 4.90 Å². The summed E-state index contributed by atoms with van der Waals surface area (Å²) in [6.45, 7) is 9.42. The Bertz CT molecular complexity index is 863. The average Bonchev–Trinajstić information content (AvgIpc) is 3.27. The van der Waals surface area contributed by atoms with Gasteiger partial charge in [-0.3, -0.25) is 5.32 Å². The number of likely N-dealkylation sites (tertiary alicyclic amines) is 1. The minimum Gasteiger partial charge on any atom is -0.440 e. The van der Waals surface area contributed by atoms with Gasteiger partial charge in [-0.1, -0.05) is 50.6 Å². The maximum atomic E-state index is 13.0. The molecule has 0 spiro atoms. The molecule has 3 aliphatic rings. The third-order valence-corrected chi connectivity index (χ3v) is 7.45. The van der Waals surface area contributed by atoms with Crippen LogP contribution >= 0.6 is 11.6 Å². The minimum absolute atomic E-state index is 0.226. The Kier molecular flexibility index (Phi) is 10.1. The molecular formula is C28H43ClN2O6. The molecule has 4 rings (SSSR count). The summed E-state index contributed by atoms with van der Waals surface area (Å²) in [5.41, 5.74) is 0.600. The highest BCUT2D eigenvalue weighted by Crippen LogP contribution is 2.47. The lowest BCUT2D eigenvalue weighted by Crippen LogP contribution is -2.46. The van der Waals surface area contributed by atoms with Crippen molar-refractivity contribution in [2.45, 2.75) is 102 Å². The molecule has 8 nitrogen and oxygen atoms in total. The molecule has 3 aliphatic heterocycles. The van der Waals surface area contributed by atoms with Crippen LogP contribution in [0.1, 0.15) is 72.1 Å². The van der Waals surface area contributed by atoms with E-state index < -0.39 is 36.0 Å². The molecule has 0 aliphatic carbocycles. The average molecular weight is 539 g/mol. The molecule has 4 atom stereocenters. The Hall–Kier alpha value is -1.42. The van der Waals surface area contributed by atoms with E-state index in [1.54, 1.807) is 24.3 Å². The lowest BCUT2D eigenvalue weighted by Gasteiger charge is -2.33. The normalized spacial score (nSPS) is 29.2. The van der Waals surface area contributed by atoms with E-state index in [2.05, 4.69) is 17.1 Å². The zero-order valence-corrected chi connectivity index (χ0v) is 23.3. The van der Waals surface area contributed by atoms with E-state index in [0.29, 0.717) is 23.9 Å². The fraction of sp³-hybridized carbons (Fsp3) is 0.750. The molecule has 0 saturated carbocycles. The molecule has 3 heterocycles. The molecule has 0 aromatic heterocycles. The van der Waals surface area contributed by atoms with Crippen molar-refractivity contribution in [2.75, 3.05) is 38.2 Å². The van der Waals surface area contributed by atoms with Crippen LogP contribution in [-0.2, 0) is 23.7 Å². The number of fused-ring (bicyclic) bond motifs is 1. The van der Waals surface area contributed by atoms with Gasteiger partial charge in [0.1, 0.15) is 12.7 Å². The highest BCUT2D eigenvalue weighted by molar-refractivity contribution is 6.30. The number of hydrogen-bond donors (Lipinski definition) is 1. The fourth-order valence-corrected chi connectivity index (χ4v) is 5.59. The summed E-state index contributed by atoms with van der Waals surface area (Å²) in [4.78, 5) is 15.3. The molecule has 37 heavy (non-hydrogen) atoms. The zero-order chi connectivity index (χ0) is 26.3. The summed E-state index contributed by atoms with van der Waals surface area (Å²) in [5.74, 6) is -2.02. The second kappa shape index (κ2) is 13.1. The fourth-order valence-electron chi connectivity index (χ4n) is 5.47. The van der Waals surface area contributed by atoms with Gasteiger partial charge >= 0.3 is 6.09 Å². The molecule has 1 amide bonds. The van der Waals surface area contributed by atoms with Crippen molar-refractivity contribution in [3.05, 3.63) is 29.3 Å². The molecule has 1 N–H and O–H groups in total. The quantitative estimate of drug-likeness (QED) is 0.328. The lowest BCUT2D eigenvalue weighted by atomic mass is 10.0. The Morgan fingerprint density at radius 3 is 2.54 bits per heavy atom. The monoisotopic (exact) mass is 538 g/mol. The number of carbonyl (C=O) groups excluding carboxylic acids is 1. The van der Waals surface area contributed by atoms with Crippen LogP contribution in [0.25, 0.3) is 0 Å². The van der Waals surface area contributed by atoms with Crippen LogP contribution in [0.2, 0.25) is 5.02 Å². The topological polar surface area (TPSA) is 78.5 Å². The number of nitrogens with one attached hydrogen (secondary N) is 1. The number of anilines is 1. The lowest BCUT2D eigenvalue weighted by molar-refractivity contribution is -0.279. The van der Waals surface area contributed by atoms with E-state index in [9.17, 15) is 4.79 Å². The summed E-state index contributed by atoms with van der Waals surface area (Å²) in [7, 11) is 0. The van der Waals surface area contributed by atoms with Gasteiger partial charge in [0, 0.05) is 23.9 Å². The number of carbonyl (C=O) groups is 1. The number of ether oxygens (including phenoxy) is 5. The van der Waals surface area contributed by atoms with E-state index in [-0.39, 0.29) is 6.61 Å². The summed E-state index contributed by atoms with van der Waals surface area (Å²) in [6, 6.07) is 6.90. The number of amides is 1. The van der Waals surface area contributed by atoms with Gasteiger partial charge in [0.05, 0.1) is 0 Å². The van der Waals surface area contributed by atoms with Gasteiger partial charge in [0.15, 0.2) is 18.0 Å². The van der Waals surface area contributed by atoms with Gasteiger partial charge < -0.3 is 28.6 Å². The Morgan fingerprint density at radius 2 is 1.81 bits per heavy atom. The van der Waals surface area contributed by atoms with Crippen molar-refractivity contribution in [3.8, 4) is 0 Å². The zero-order valence-electron chi connectivity index (χ0n) is 22.5. The van der Waals surface area contributed by atoms with Crippen LogP contribution in [0.4, 0.5) is 10.5 Å². The van der Waals surface area contributed by atoms with Crippen LogP contribution < -0.4 is 5.32 Å². The van der Waals surface area contributed by atoms with E-state index in [0.717, 1.165) is 38.8 Å². The maximum absolute atomic E-state index is 13.0. The Labute approximate surface area is 226 Å². The highest BCUT2D eigenvalue weighted by Gasteiger charge is 2.66. The highest BCUT2D eigenvalue weighted by atomic mass is 35.5. The van der Waals surface area contributed by atoms with Crippen molar-refractivity contribution < 1.29 is 28.5 Å². The first kappa shape index (κ1) is 28.6. The minimum atomic E-state index is -1.13. The number of piperidine rings is 1. The summed E-state index contributed by atoms with van der Waals surface area (Å²) in [5, 5.41) is 3.39. The number of rotatable bonds is 12. The summed E-state index contributed by atoms with van der Waals surface area (Å²) >= 11 is 5.98. The maximum Gasteiger partial charge on any atom is 0.412 e. The number of hydrogen-bond acceptors (Lipinski definition) is 7. The SMILES string of the molecule is CCCCCCCOC[C@@]12O[C@@H](CN3CCCCC3)[C@@H](OC(=O)Nc3ccc(Cl)cc3)[C@@H]1OC(C)(C)O2. The summed E-state index contributed by atoms with van der Waals surface area (Å²) in [6.07, 6.45) is 7.14. The summed E-state index contributed by atoms with van der Waals surface area (Å²) < 4.78 is 31.4. The van der Waals surface area contributed by atoms with E-state index >= 15 is 0 Å². The van der Waals surface area contributed by atoms with E-state index in [1.165, 1.54) is 25.7 Å². The third-order valence-electron chi connectivity index (χ3n) is 7.19. The predicted molar refractivity (Wildman–Crippen MR) is 143 cm³/mol. The molecule has 3 fully saturated rings. The van der Waals surface area contributed by atoms with Crippen molar-refractivity contribution in [2.24, 2.45) is 0 Å². The molecule has 0 bridgehead atoms. The van der Waals surface area contributed by atoms with Gasteiger partial charge in [-0.15, -0.1) is 0 Å². The smallest absolute Gasteiger partial charge is 0.412 e. The predicted octanol–water partition coefficient (Wildman–Crippen LogP) is 5.98. The molecule has 3 saturated heterocycles. The van der Waals surface area contributed by atoms with Gasteiger partial charge in [-0.25, -0.2) is 4.79 Å². The third kappa shape index (κ3) is 7.80. The number of halogens is 1. The number of benzene rings is 1. The molecule has 1 aromatic rings. The van der Waals surface area contributed by atoms with Crippen LogP contribution in [0.5, 0.6) is 0 Å². The first-order valence-electron chi connectivity index (χ1n) is 13.9. The van der Waals surface area contributed by atoms with Crippen LogP contribution in [0.15, 0.2) is 24.3 Å². The van der Waals surface area contributed by atoms with Crippen molar-refractivity contribution in [3.63, 3.8) is 0 Å². The van der Waals surface area contributed by atoms with Crippen LogP contribution in [-0.4, -0.2) is 73.7 Å².